The maximum absolute atomic E-state index is 12.7. The van der Waals surface area contributed by atoms with E-state index < -0.39 is 0 Å². The predicted octanol–water partition coefficient (Wildman–Crippen LogP) is 2.93. The first-order valence-corrected chi connectivity index (χ1v) is 9.72. The lowest BCUT2D eigenvalue weighted by Crippen LogP contribution is -2.38. The zero-order chi connectivity index (χ0) is 19.9. The number of carbonyl (C=O) groups is 2. The van der Waals surface area contributed by atoms with Crippen molar-refractivity contribution in [2.75, 3.05) is 26.7 Å². The largest absolute Gasteiger partial charge is 0.497 e. The molecule has 0 bridgehead atoms. The van der Waals surface area contributed by atoms with E-state index in [1.807, 2.05) is 29.2 Å². The van der Waals surface area contributed by atoms with E-state index >= 15 is 0 Å². The number of benzene rings is 1. The van der Waals surface area contributed by atoms with Gasteiger partial charge >= 0.3 is 0 Å². The number of carbonyl (C=O) groups excluding carboxylic acids is 2. The van der Waals surface area contributed by atoms with Crippen LogP contribution in [0.1, 0.15) is 46.0 Å². The van der Waals surface area contributed by atoms with Crippen molar-refractivity contribution in [1.82, 2.24) is 15.2 Å². The van der Waals surface area contributed by atoms with Gasteiger partial charge in [0.1, 0.15) is 5.75 Å². The number of aromatic nitrogens is 1. The minimum atomic E-state index is -0.225. The summed E-state index contributed by atoms with van der Waals surface area (Å²) in [6.45, 7) is 4.22. The maximum atomic E-state index is 12.7. The van der Waals surface area contributed by atoms with E-state index in [0.29, 0.717) is 30.0 Å². The fourth-order valence-electron chi connectivity index (χ4n) is 3.33. The average Bonchev–Trinajstić information content (AvgIpc) is 2.74. The minimum Gasteiger partial charge on any atom is -0.497 e. The zero-order valence-corrected chi connectivity index (χ0v) is 16.5. The third-order valence-corrected chi connectivity index (χ3v) is 5.15. The molecule has 0 saturated carbocycles. The molecule has 2 aromatic rings. The van der Waals surface area contributed by atoms with Crippen molar-refractivity contribution in [2.24, 2.45) is 5.92 Å². The summed E-state index contributed by atoms with van der Waals surface area (Å²) in [5.41, 5.74) is 1.96. The fourth-order valence-corrected chi connectivity index (χ4v) is 3.33. The molecule has 6 nitrogen and oxygen atoms in total. The van der Waals surface area contributed by atoms with Gasteiger partial charge in [-0.05, 0) is 48.9 Å². The number of likely N-dealkylation sites (tertiary alicyclic amines) is 1. The molecular formula is C22H27N3O3. The van der Waals surface area contributed by atoms with Crippen LogP contribution in [0.2, 0.25) is 0 Å². The Labute approximate surface area is 165 Å². The highest BCUT2D eigenvalue weighted by Crippen LogP contribution is 2.18. The second-order valence-electron chi connectivity index (χ2n) is 7.29. The number of nitrogens with zero attached hydrogens (tertiary/aromatic N) is 2. The Morgan fingerprint density at radius 3 is 2.68 bits per heavy atom. The van der Waals surface area contributed by atoms with E-state index in [2.05, 4.69) is 17.2 Å². The lowest BCUT2D eigenvalue weighted by molar-refractivity contribution is 0.0697. The lowest BCUT2D eigenvalue weighted by Gasteiger charge is -2.30. The molecule has 0 spiro atoms. The summed E-state index contributed by atoms with van der Waals surface area (Å²) in [6, 6.07) is 9.39. The van der Waals surface area contributed by atoms with Crippen molar-refractivity contribution in [3.63, 3.8) is 0 Å². The smallest absolute Gasteiger partial charge is 0.255 e. The standard InChI is InChI=1S/C22H27N3O3/c1-16-7-10-25(11-8-16)22(27)19-13-18(14-23-15-19)21(26)24-9-6-17-4-3-5-20(12-17)28-2/h3-5,12-16H,6-11H2,1-2H3,(H,24,26). The van der Waals surface area contributed by atoms with E-state index in [1.54, 1.807) is 13.2 Å². The summed E-state index contributed by atoms with van der Waals surface area (Å²) in [5, 5.41) is 2.89. The Kier molecular flexibility index (Phi) is 6.63. The maximum Gasteiger partial charge on any atom is 0.255 e. The van der Waals surface area contributed by atoms with Gasteiger partial charge in [0.2, 0.25) is 0 Å². The van der Waals surface area contributed by atoms with Crippen molar-refractivity contribution in [2.45, 2.75) is 26.2 Å². The first-order valence-electron chi connectivity index (χ1n) is 9.72. The lowest BCUT2D eigenvalue weighted by atomic mass is 9.98. The van der Waals surface area contributed by atoms with Crippen LogP contribution >= 0.6 is 0 Å². The Balaban J connectivity index is 1.56. The van der Waals surface area contributed by atoms with Gasteiger partial charge in [-0.1, -0.05) is 19.1 Å². The van der Waals surface area contributed by atoms with Crippen molar-refractivity contribution >= 4 is 11.8 Å². The highest BCUT2D eigenvalue weighted by molar-refractivity contribution is 5.99. The summed E-state index contributed by atoms with van der Waals surface area (Å²) in [6.07, 6.45) is 5.76. The van der Waals surface area contributed by atoms with Gasteiger partial charge in [0, 0.05) is 32.0 Å². The Hall–Kier alpha value is -2.89. The zero-order valence-electron chi connectivity index (χ0n) is 16.5. The number of ether oxygens (including phenoxy) is 1. The van der Waals surface area contributed by atoms with Gasteiger partial charge in [-0.2, -0.15) is 0 Å². The minimum absolute atomic E-state index is 0.0505. The van der Waals surface area contributed by atoms with E-state index in [1.165, 1.54) is 12.4 Å². The van der Waals surface area contributed by atoms with Gasteiger partial charge in [-0.25, -0.2) is 0 Å². The third kappa shape index (κ3) is 5.09. The van der Waals surface area contributed by atoms with Crippen LogP contribution in [0.25, 0.3) is 0 Å². The Morgan fingerprint density at radius 2 is 1.93 bits per heavy atom. The molecule has 2 heterocycles. The van der Waals surface area contributed by atoms with Crippen LogP contribution in [0.3, 0.4) is 0 Å². The molecule has 0 aliphatic carbocycles. The van der Waals surface area contributed by atoms with Gasteiger partial charge in [-0.3, -0.25) is 14.6 Å². The monoisotopic (exact) mass is 381 g/mol. The molecular weight excluding hydrogens is 354 g/mol. The van der Waals surface area contributed by atoms with E-state index in [-0.39, 0.29) is 11.8 Å². The van der Waals surface area contributed by atoms with Crippen LogP contribution in [0.15, 0.2) is 42.7 Å². The van der Waals surface area contributed by atoms with Crippen LogP contribution in [-0.2, 0) is 6.42 Å². The topological polar surface area (TPSA) is 71.5 Å². The van der Waals surface area contributed by atoms with Crippen LogP contribution in [-0.4, -0.2) is 48.4 Å². The number of rotatable bonds is 6. The second-order valence-corrected chi connectivity index (χ2v) is 7.29. The molecule has 6 heteroatoms. The number of nitrogens with one attached hydrogen (secondary N) is 1. The van der Waals surface area contributed by atoms with Crippen molar-refractivity contribution in [1.29, 1.82) is 0 Å². The molecule has 1 aliphatic rings. The van der Waals surface area contributed by atoms with Gasteiger partial charge in [0.15, 0.2) is 0 Å². The molecule has 1 saturated heterocycles. The van der Waals surface area contributed by atoms with Gasteiger partial charge < -0.3 is 15.0 Å². The second kappa shape index (κ2) is 9.35. The molecule has 3 rings (SSSR count). The van der Waals surface area contributed by atoms with Gasteiger partial charge in [0.05, 0.1) is 18.2 Å². The van der Waals surface area contributed by atoms with Crippen LogP contribution in [0.4, 0.5) is 0 Å². The van der Waals surface area contributed by atoms with Crippen molar-refractivity contribution in [3.8, 4) is 5.75 Å². The number of pyridine rings is 1. The number of hydrogen-bond acceptors (Lipinski definition) is 4. The first-order chi connectivity index (χ1) is 13.6. The molecule has 1 aromatic heterocycles. The summed E-state index contributed by atoms with van der Waals surface area (Å²) in [4.78, 5) is 31.1. The van der Waals surface area contributed by atoms with Crippen LogP contribution in [0.5, 0.6) is 5.75 Å². The number of hydrogen-bond donors (Lipinski definition) is 1. The summed E-state index contributed by atoms with van der Waals surface area (Å²) in [7, 11) is 1.63. The number of amides is 2. The molecule has 1 aromatic carbocycles. The van der Waals surface area contributed by atoms with E-state index in [9.17, 15) is 9.59 Å². The summed E-state index contributed by atoms with van der Waals surface area (Å²) < 4.78 is 5.21. The molecule has 2 amide bonds. The van der Waals surface area contributed by atoms with Crippen molar-refractivity contribution < 1.29 is 14.3 Å². The summed E-state index contributed by atoms with van der Waals surface area (Å²) in [5.74, 6) is 1.18. The highest BCUT2D eigenvalue weighted by Gasteiger charge is 2.22. The number of methoxy groups -OCH3 is 1. The molecule has 1 N–H and O–H groups in total. The Morgan fingerprint density at radius 1 is 1.18 bits per heavy atom. The normalized spacial score (nSPS) is 14.6. The van der Waals surface area contributed by atoms with Gasteiger partial charge in [0.25, 0.3) is 11.8 Å². The molecule has 0 atom stereocenters. The molecule has 148 valence electrons. The quantitative estimate of drug-likeness (QED) is 0.835. The fraction of sp³-hybridized carbons (Fsp3) is 0.409. The van der Waals surface area contributed by atoms with Crippen LogP contribution in [0, 0.1) is 5.92 Å². The molecule has 1 fully saturated rings. The van der Waals surface area contributed by atoms with E-state index in [4.69, 9.17) is 4.74 Å². The van der Waals surface area contributed by atoms with Crippen molar-refractivity contribution in [3.05, 3.63) is 59.4 Å². The average molecular weight is 381 g/mol. The summed E-state index contributed by atoms with van der Waals surface area (Å²) >= 11 is 0. The highest BCUT2D eigenvalue weighted by atomic mass is 16.5. The molecule has 0 radical (unpaired) electrons. The SMILES string of the molecule is COc1cccc(CCNC(=O)c2cncc(C(=O)N3CCC(C)CC3)c2)c1. The Bertz CT molecular complexity index is 829. The molecule has 1 aliphatic heterocycles. The van der Waals surface area contributed by atoms with Gasteiger partial charge in [-0.15, -0.1) is 0 Å². The molecule has 0 unspecified atom stereocenters. The number of piperidine rings is 1. The third-order valence-electron chi connectivity index (χ3n) is 5.15. The van der Waals surface area contributed by atoms with Crippen LogP contribution < -0.4 is 10.1 Å². The van der Waals surface area contributed by atoms with E-state index in [0.717, 1.165) is 37.2 Å². The first kappa shape index (κ1) is 19.9. The molecule has 28 heavy (non-hydrogen) atoms. The predicted molar refractivity (Wildman–Crippen MR) is 108 cm³/mol.